The van der Waals surface area contributed by atoms with Gasteiger partial charge in [-0.15, -0.1) is 0 Å². The predicted octanol–water partition coefficient (Wildman–Crippen LogP) is 2.67. The fourth-order valence-corrected chi connectivity index (χ4v) is 2.15. The molecule has 0 aliphatic heterocycles. The molecule has 0 fully saturated rings. The number of aliphatic hydroxyl groups excluding tert-OH is 1. The fourth-order valence-electron chi connectivity index (χ4n) is 2.15. The first-order valence-corrected chi connectivity index (χ1v) is 7.80. The molecule has 118 valence electrons. The highest BCUT2D eigenvalue weighted by atomic mass is 16.3. The minimum atomic E-state index is -0.0899. The van der Waals surface area contributed by atoms with E-state index in [1.165, 1.54) is 0 Å². The Morgan fingerprint density at radius 1 is 1.24 bits per heavy atom. The molecule has 1 amide bonds. The van der Waals surface area contributed by atoms with E-state index in [0.29, 0.717) is 5.56 Å². The second kappa shape index (κ2) is 8.67. The summed E-state index contributed by atoms with van der Waals surface area (Å²) in [7, 11) is 0. The minimum absolute atomic E-state index is 0.0468. The third-order valence-electron chi connectivity index (χ3n) is 3.87. The molecule has 1 aromatic carbocycles. The van der Waals surface area contributed by atoms with Gasteiger partial charge in [-0.1, -0.05) is 13.8 Å². The summed E-state index contributed by atoms with van der Waals surface area (Å²) in [6.45, 7) is 10.2. The Morgan fingerprint density at radius 2 is 1.86 bits per heavy atom. The predicted molar refractivity (Wildman–Crippen MR) is 87.8 cm³/mol. The number of aliphatic hydroxyl groups is 1. The Kier molecular flexibility index (Phi) is 7.23. The van der Waals surface area contributed by atoms with Crippen molar-refractivity contribution in [2.75, 3.05) is 24.6 Å². The van der Waals surface area contributed by atoms with Crippen molar-refractivity contribution < 1.29 is 9.90 Å². The van der Waals surface area contributed by atoms with Crippen LogP contribution in [0.15, 0.2) is 24.3 Å². The number of nitrogens with one attached hydrogen (secondary N) is 1. The average Bonchev–Trinajstić information content (AvgIpc) is 2.51. The molecule has 0 saturated carbocycles. The van der Waals surface area contributed by atoms with Gasteiger partial charge >= 0.3 is 0 Å². The van der Waals surface area contributed by atoms with Gasteiger partial charge in [0.05, 0.1) is 0 Å². The summed E-state index contributed by atoms with van der Waals surface area (Å²) < 4.78 is 0. The number of carbonyl (C=O) groups is 1. The molecule has 0 spiro atoms. The van der Waals surface area contributed by atoms with Crippen molar-refractivity contribution in [3.8, 4) is 0 Å². The van der Waals surface area contributed by atoms with Crippen LogP contribution >= 0.6 is 0 Å². The number of rotatable bonds is 8. The first-order chi connectivity index (χ1) is 10.0. The number of carbonyl (C=O) groups excluding carboxylic acids is 1. The quantitative estimate of drug-likeness (QED) is 0.774. The van der Waals surface area contributed by atoms with E-state index in [-0.39, 0.29) is 24.5 Å². The smallest absolute Gasteiger partial charge is 0.251 e. The highest BCUT2D eigenvalue weighted by Gasteiger charge is 2.15. The summed E-state index contributed by atoms with van der Waals surface area (Å²) in [5.74, 6) is -0.0405. The van der Waals surface area contributed by atoms with Crippen LogP contribution in [0.2, 0.25) is 0 Å². The van der Waals surface area contributed by atoms with Crippen molar-refractivity contribution in [1.29, 1.82) is 0 Å². The number of benzene rings is 1. The molecule has 0 radical (unpaired) electrons. The molecule has 0 bridgehead atoms. The Balaban J connectivity index is 2.71. The van der Waals surface area contributed by atoms with E-state index >= 15 is 0 Å². The third kappa shape index (κ3) is 5.05. The summed E-state index contributed by atoms with van der Waals surface area (Å²) in [5, 5.41) is 12.0. The fraction of sp³-hybridized carbons (Fsp3) is 0.588. The molecule has 2 unspecified atom stereocenters. The van der Waals surface area contributed by atoms with E-state index < -0.39 is 0 Å². The molecule has 0 aromatic heterocycles. The third-order valence-corrected chi connectivity index (χ3v) is 3.87. The summed E-state index contributed by atoms with van der Waals surface area (Å²) in [6, 6.07) is 7.66. The standard InChI is InChI=1S/C17H28N2O2/c1-5-11-19(6-2)16-9-7-15(8-10-16)17(21)18-14(4)13(3)12-20/h7-10,13-14,20H,5-6,11-12H2,1-4H3,(H,18,21). The lowest BCUT2D eigenvalue weighted by Gasteiger charge is -2.23. The molecule has 4 heteroatoms. The van der Waals surface area contributed by atoms with Crippen LogP contribution < -0.4 is 10.2 Å². The first kappa shape index (κ1) is 17.5. The van der Waals surface area contributed by atoms with E-state index in [9.17, 15) is 4.79 Å². The van der Waals surface area contributed by atoms with Crippen molar-refractivity contribution in [3.05, 3.63) is 29.8 Å². The van der Waals surface area contributed by atoms with Crippen LogP contribution in [0.4, 0.5) is 5.69 Å². The average molecular weight is 292 g/mol. The zero-order chi connectivity index (χ0) is 15.8. The van der Waals surface area contributed by atoms with Crippen LogP contribution in [0, 0.1) is 5.92 Å². The van der Waals surface area contributed by atoms with Crippen molar-refractivity contribution in [2.24, 2.45) is 5.92 Å². The Hall–Kier alpha value is -1.55. The van der Waals surface area contributed by atoms with Crippen molar-refractivity contribution in [1.82, 2.24) is 5.32 Å². The van der Waals surface area contributed by atoms with Crippen molar-refractivity contribution in [3.63, 3.8) is 0 Å². The van der Waals surface area contributed by atoms with E-state index in [1.54, 1.807) is 0 Å². The number of amides is 1. The monoisotopic (exact) mass is 292 g/mol. The van der Waals surface area contributed by atoms with Gasteiger partial charge in [0.1, 0.15) is 0 Å². The number of nitrogens with zero attached hydrogens (tertiary/aromatic N) is 1. The molecule has 1 aromatic rings. The van der Waals surface area contributed by atoms with Gasteiger partial charge in [-0.05, 0) is 50.5 Å². The molecule has 0 aliphatic carbocycles. The van der Waals surface area contributed by atoms with Gasteiger partial charge in [-0.2, -0.15) is 0 Å². The Labute approximate surface area is 128 Å². The van der Waals surface area contributed by atoms with E-state index in [2.05, 4.69) is 24.1 Å². The van der Waals surface area contributed by atoms with Gasteiger partial charge in [-0.3, -0.25) is 4.79 Å². The molecular weight excluding hydrogens is 264 g/mol. The Morgan fingerprint density at radius 3 is 2.33 bits per heavy atom. The summed E-state index contributed by atoms with van der Waals surface area (Å²) >= 11 is 0. The highest BCUT2D eigenvalue weighted by molar-refractivity contribution is 5.94. The lowest BCUT2D eigenvalue weighted by Crippen LogP contribution is -2.38. The molecule has 2 N–H and O–H groups in total. The van der Waals surface area contributed by atoms with Crippen LogP contribution in [-0.4, -0.2) is 36.8 Å². The normalized spacial score (nSPS) is 13.6. The van der Waals surface area contributed by atoms with Gasteiger partial charge in [0.2, 0.25) is 0 Å². The van der Waals surface area contributed by atoms with Crippen LogP contribution in [0.5, 0.6) is 0 Å². The second-order valence-electron chi connectivity index (χ2n) is 5.55. The Bertz CT molecular complexity index is 431. The minimum Gasteiger partial charge on any atom is -0.396 e. The van der Waals surface area contributed by atoms with Gasteiger partial charge in [0.15, 0.2) is 0 Å². The molecule has 0 saturated heterocycles. The number of hydrogen-bond donors (Lipinski definition) is 2. The van der Waals surface area contributed by atoms with Gasteiger partial charge in [-0.25, -0.2) is 0 Å². The lowest BCUT2D eigenvalue weighted by molar-refractivity contribution is 0.0916. The van der Waals surface area contributed by atoms with Gasteiger partial charge < -0.3 is 15.3 Å². The van der Waals surface area contributed by atoms with E-state index in [4.69, 9.17) is 5.11 Å². The van der Waals surface area contributed by atoms with E-state index in [0.717, 1.165) is 25.2 Å². The molecule has 0 aliphatic rings. The number of hydrogen-bond acceptors (Lipinski definition) is 3. The molecule has 4 nitrogen and oxygen atoms in total. The van der Waals surface area contributed by atoms with Gasteiger partial charge in [0, 0.05) is 37.0 Å². The maximum atomic E-state index is 12.1. The van der Waals surface area contributed by atoms with Crippen LogP contribution in [-0.2, 0) is 0 Å². The van der Waals surface area contributed by atoms with Crippen molar-refractivity contribution in [2.45, 2.75) is 40.2 Å². The lowest BCUT2D eigenvalue weighted by atomic mass is 10.0. The van der Waals surface area contributed by atoms with Gasteiger partial charge in [0.25, 0.3) is 5.91 Å². The molecule has 21 heavy (non-hydrogen) atoms. The topological polar surface area (TPSA) is 52.6 Å². The van der Waals surface area contributed by atoms with Crippen LogP contribution in [0.1, 0.15) is 44.5 Å². The van der Waals surface area contributed by atoms with Crippen LogP contribution in [0.3, 0.4) is 0 Å². The van der Waals surface area contributed by atoms with Crippen LogP contribution in [0.25, 0.3) is 0 Å². The second-order valence-corrected chi connectivity index (χ2v) is 5.55. The zero-order valence-corrected chi connectivity index (χ0v) is 13.6. The zero-order valence-electron chi connectivity index (χ0n) is 13.6. The maximum Gasteiger partial charge on any atom is 0.251 e. The first-order valence-electron chi connectivity index (χ1n) is 7.80. The van der Waals surface area contributed by atoms with E-state index in [1.807, 2.05) is 38.1 Å². The molecule has 1 rings (SSSR count). The summed E-state index contributed by atoms with van der Waals surface area (Å²) in [4.78, 5) is 14.4. The summed E-state index contributed by atoms with van der Waals surface area (Å²) in [6.07, 6.45) is 1.10. The highest BCUT2D eigenvalue weighted by Crippen LogP contribution is 2.16. The molecule has 2 atom stereocenters. The van der Waals surface area contributed by atoms with Crippen molar-refractivity contribution >= 4 is 11.6 Å². The summed E-state index contributed by atoms with van der Waals surface area (Å²) in [5.41, 5.74) is 1.80. The molecule has 0 heterocycles. The maximum absolute atomic E-state index is 12.1. The SMILES string of the molecule is CCCN(CC)c1ccc(C(=O)NC(C)C(C)CO)cc1. The molecular formula is C17H28N2O2. The number of anilines is 1. The largest absolute Gasteiger partial charge is 0.396 e.